The van der Waals surface area contributed by atoms with Gasteiger partial charge in [-0.3, -0.25) is 4.79 Å². The zero-order valence-electron chi connectivity index (χ0n) is 15.9. The van der Waals surface area contributed by atoms with Crippen LogP contribution in [0.15, 0.2) is 48.5 Å². The van der Waals surface area contributed by atoms with Crippen molar-refractivity contribution in [3.8, 4) is 0 Å². The molecule has 2 unspecified atom stereocenters. The Morgan fingerprint density at radius 2 is 1.81 bits per heavy atom. The summed E-state index contributed by atoms with van der Waals surface area (Å²) in [5.41, 5.74) is 4.81. The lowest BCUT2D eigenvalue weighted by Crippen LogP contribution is -2.46. The number of para-hydroxylation sites is 2. The van der Waals surface area contributed by atoms with E-state index in [4.69, 9.17) is 9.97 Å². The predicted octanol–water partition coefficient (Wildman–Crippen LogP) is 4.73. The van der Waals surface area contributed by atoms with Crippen LogP contribution in [0.4, 0.5) is 5.69 Å². The standard InChI is InChI=1S/C23H23N3O/c1-14-7-6-8-15(13-14)24-21(27)23-12-11-16(22(23,2)3)19-20(23)26-18-10-5-4-9-17(18)25-19/h4-10,13,16H,11-12H2,1-3H3,(H,24,27). The first-order valence-corrected chi connectivity index (χ1v) is 9.59. The first-order chi connectivity index (χ1) is 12.9. The van der Waals surface area contributed by atoms with Gasteiger partial charge in [-0.2, -0.15) is 0 Å². The van der Waals surface area contributed by atoms with Crippen LogP contribution < -0.4 is 5.32 Å². The van der Waals surface area contributed by atoms with Gasteiger partial charge in [0.2, 0.25) is 5.91 Å². The third-order valence-electron chi connectivity index (χ3n) is 6.77. The van der Waals surface area contributed by atoms with E-state index in [0.29, 0.717) is 0 Å². The highest BCUT2D eigenvalue weighted by Gasteiger charge is 2.67. The van der Waals surface area contributed by atoms with E-state index in [9.17, 15) is 4.79 Å². The lowest BCUT2D eigenvalue weighted by atomic mass is 9.67. The van der Waals surface area contributed by atoms with Crippen molar-refractivity contribution in [2.45, 2.75) is 44.9 Å². The van der Waals surface area contributed by atoms with Gasteiger partial charge in [-0.25, -0.2) is 9.97 Å². The number of hydrogen-bond acceptors (Lipinski definition) is 3. The third-order valence-corrected chi connectivity index (χ3v) is 6.77. The molecular formula is C23H23N3O. The fraction of sp³-hybridized carbons (Fsp3) is 0.348. The molecule has 1 aromatic heterocycles. The first kappa shape index (κ1) is 16.4. The number of nitrogens with zero attached hydrogens (tertiary/aromatic N) is 2. The zero-order valence-corrected chi connectivity index (χ0v) is 15.9. The number of benzene rings is 2. The number of amides is 1. The van der Waals surface area contributed by atoms with Gasteiger partial charge in [-0.05, 0) is 55.0 Å². The fourth-order valence-corrected chi connectivity index (χ4v) is 5.29. The van der Waals surface area contributed by atoms with Crippen molar-refractivity contribution in [1.82, 2.24) is 9.97 Å². The number of nitrogens with one attached hydrogen (secondary N) is 1. The molecule has 1 N–H and O–H groups in total. The topological polar surface area (TPSA) is 54.9 Å². The Morgan fingerprint density at radius 3 is 2.56 bits per heavy atom. The zero-order chi connectivity index (χ0) is 18.8. The first-order valence-electron chi connectivity index (χ1n) is 9.59. The van der Waals surface area contributed by atoms with Crippen molar-refractivity contribution >= 4 is 22.6 Å². The number of carbonyl (C=O) groups is 1. The monoisotopic (exact) mass is 357 g/mol. The second-order valence-corrected chi connectivity index (χ2v) is 8.49. The normalized spacial score (nSPS) is 24.8. The van der Waals surface area contributed by atoms with E-state index in [1.165, 1.54) is 0 Å². The van der Waals surface area contributed by atoms with Gasteiger partial charge < -0.3 is 5.32 Å². The molecule has 27 heavy (non-hydrogen) atoms. The molecule has 1 fully saturated rings. The molecule has 2 bridgehead atoms. The largest absolute Gasteiger partial charge is 0.325 e. The highest BCUT2D eigenvalue weighted by atomic mass is 16.2. The molecule has 4 heteroatoms. The van der Waals surface area contributed by atoms with Crippen molar-refractivity contribution in [2.24, 2.45) is 5.41 Å². The van der Waals surface area contributed by atoms with Gasteiger partial charge >= 0.3 is 0 Å². The summed E-state index contributed by atoms with van der Waals surface area (Å²) in [5.74, 6) is 0.316. The number of carbonyl (C=O) groups excluding carboxylic acids is 1. The van der Waals surface area contributed by atoms with Crippen molar-refractivity contribution in [1.29, 1.82) is 0 Å². The Bertz CT molecular complexity index is 1090. The Hall–Kier alpha value is -2.75. The van der Waals surface area contributed by atoms with E-state index in [0.717, 1.165) is 46.5 Å². The number of aryl methyl sites for hydroxylation is 1. The van der Waals surface area contributed by atoms with Crippen molar-refractivity contribution < 1.29 is 4.79 Å². The van der Waals surface area contributed by atoms with Gasteiger partial charge in [0.15, 0.2) is 0 Å². The second kappa shape index (κ2) is 5.38. The SMILES string of the molecule is Cc1cccc(NC(=O)C23CCC(c4nc5ccccc5nc42)C3(C)C)c1. The fourth-order valence-electron chi connectivity index (χ4n) is 5.29. The number of fused-ring (bicyclic) bond motifs is 6. The molecule has 2 aromatic carbocycles. The number of aromatic nitrogens is 2. The van der Waals surface area contributed by atoms with Crippen LogP contribution in [0.2, 0.25) is 0 Å². The quantitative estimate of drug-likeness (QED) is 0.721. The number of anilines is 1. The number of hydrogen-bond donors (Lipinski definition) is 1. The van der Waals surface area contributed by atoms with Crippen LogP contribution in [-0.4, -0.2) is 15.9 Å². The van der Waals surface area contributed by atoms with Crippen molar-refractivity contribution in [3.63, 3.8) is 0 Å². The van der Waals surface area contributed by atoms with Gasteiger partial charge in [-0.15, -0.1) is 0 Å². The molecule has 4 nitrogen and oxygen atoms in total. The van der Waals surface area contributed by atoms with Crippen molar-refractivity contribution in [2.75, 3.05) is 5.32 Å². The average Bonchev–Trinajstić information content (AvgIpc) is 3.02. The molecule has 2 aliphatic carbocycles. The summed E-state index contributed by atoms with van der Waals surface area (Å²) in [4.78, 5) is 23.5. The highest BCUT2D eigenvalue weighted by Crippen LogP contribution is 2.67. The van der Waals surface area contributed by atoms with E-state index >= 15 is 0 Å². The summed E-state index contributed by atoms with van der Waals surface area (Å²) < 4.78 is 0. The molecule has 2 atom stereocenters. The molecule has 1 heterocycles. The molecule has 5 rings (SSSR count). The van der Waals surface area contributed by atoms with Gasteiger partial charge in [0, 0.05) is 11.6 Å². The Morgan fingerprint density at radius 1 is 1.07 bits per heavy atom. The predicted molar refractivity (Wildman–Crippen MR) is 107 cm³/mol. The van der Waals surface area contributed by atoms with Crippen LogP contribution in [0.1, 0.15) is 49.6 Å². The van der Waals surface area contributed by atoms with Crippen LogP contribution in [0.25, 0.3) is 11.0 Å². The van der Waals surface area contributed by atoms with Gasteiger partial charge in [0.25, 0.3) is 0 Å². The molecule has 0 radical (unpaired) electrons. The minimum atomic E-state index is -0.631. The lowest BCUT2D eigenvalue weighted by molar-refractivity contribution is -0.124. The van der Waals surface area contributed by atoms with Crippen LogP contribution in [0.5, 0.6) is 0 Å². The number of rotatable bonds is 2. The average molecular weight is 357 g/mol. The van der Waals surface area contributed by atoms with Crippen LogP contribution >= 0.6 is 0 Å². The Kier molecular flexibility index (Phi) is 3.27. The van der Waals surface area contributed by atoms with Crippen LogP contribution in [0, 0.1) is 12.3 Å². The minimum Gasteiger partial charge on any atom is -0.325 e. The summed E-state index contributed by atoms with van der Waals surface area (Å²) in [6.45, 7) is 6.44. The van der Waals surface area contributed by atoms with E-state index < -0.39 is 5.41 Å². The maximum absolute atomic E-state index is 13.6. The molecular weight excluding hydrogens is 334 g/mol. The summed E-state index contributed by atoms with van der Waals surface area (Å²) in [5, 5.41) is 3.18. The molecule has 1 saturated carbocycles. The summed E-state index contributed by atoms with van der Waals surface area (Å²) in [6.07, 6.45) is 1.80. The maximum Gasteiger partial charge on any atom is 0.237 e. The van der Waals surface area contributed by atoms with E-state index in [1.807, 2.05) is 55.5 Å². The summed E-state index contributed by atoms with van der Waals surface area (Å²) in [6, 6.07) is 15.9. The summed E-state index contributed by atoms with van der Waals surface area (Å²) in [7, 11) is 0. The van der Waals surface area contributed by atoms with Gasteiger partial charge in [-0.1, -0.05) is 38.1 Å². The molecule has 136 valence electrons. The van der Waals surface area contributed by atoms with Crippen LogP contribution in [-0.2, 0) is 10.2 Å². The van der Waals surface area contributed by atoms with Gasteiger partial charge in [0.1, 0.15) is 0 Å². The van der Waals surface area contributed by atoms with E-state index in [1.54, 1.807) is 0 Å². The van der Waals surface area contributed by atoms with Crippen LogP contribution in [0.3, 0.4) is 0 Å². The molecule has 1 amide bonds. The minimum absolute atomic E-state index is 0.0453. The molecule has 0 saturated heterocycles. The highest BCUT2D eigenvalue weighted by molar-refractivity contribution is 6.01. The third kappa shape index (κ3) is 2.07. The molecule has 0 aliphatic heterocycles. The maximum atomic E-state index is 13.6. The van der Waals surface area contributed by atoms with E-state index in [-0.39, 0.29) is 17.2 Å². The molecule has 0 spiro atoms. The molecule has 2 aliphatic rings. The Labute approximate surface area is 159 Å². The summed E-state index contributed by atoms with van der Waals surface area (Å²) >= 11 is 0. The van der Waals surface area contributed by atoms with E-state index in [2.05, 4.69) is 19.2 Å². The van der Waals surface area contributed by atoms with Gasteiger partial charge in [0.05, 0.1) is 27.8 Å². The smallest absolute Gasteiger partial charge is 0.237 e. The second-order valence-electron chi connectivity index (χ2n) is 8.49. The lowest BCUT2D eigenvalue weighted by Gasteiger charge is -2.36. The van der Waals surface area contributed by atoms with Crippen molar-refractivity contribution in [3.05, 3.63) is 65.5 Å². The molecule has 3 aromatic rings. The Balaban J connectivity index is 1.66.